The van der Waals surface area contributed by atoms with Gasteiger partial charge in [-0.05, 0) is 66.2 Å². The molecule has 1 aliphatic rings. The zero-order valence-corrected chi connectivity index (χ0v) is 25.6. The summed E-state index contributed by atoms with van der Waals surface area (Å²) >= 11 is 0. The maximum absolute atomic E-state index is 15.6. The van der Waals surface area contributed by atoms with Gasteiger partial charge in [0, 0.05) is 67.3 Å². The molecule has 0 unspecified atom stereocenters. The number of halogens is 1. The summed E-state index contributed by atoms with van der Waals surface area (Å²) in [6, 6.07) is 19.9. The molecule has 0 radical (unpaired) electrons. The van der Waals surface area contributed by atoms with E-state index in [-0.39, 0.29) is 23.0 Å². The fourth-order valence-electron chi connectivity index (χ4n) is 5.12. The molecule has 2 aromatic heterocycles. The van der Waals surface area contributed by atoms with Crippen molar-refractivity contribution in [3.8, 4) is 28.4 Å². The average molecular weight is 622 g/mol. The predicted molar refractivity (Wildman–Crippen MR) is 175 cm³/mol. The fraction of sp³-hybridized carbons (Fsp3) is 0.206. The van der Waals surface area contributed by atoms with E-state index in [1.54, 1.807) is 69.9 Å². The summed E-state index contributed by atoms with van der Waals surface area (Å²) in [5.41, 5.74) is 3.85. The Balaban J connectivity index is 1.27. The van der Waals surface area contributed by atoms with Crippen LogP contribution in [0.2, 0.25) is 0 Å². The van der Waals surface area contributed by atoms with Gasteiger partial charge in [0.05, 0.1) is 31.4 Å². The first-order valence-electron chi connectivity index (χ1n) is 14.6. The lowest BCUT2D eigenvalue weighted by Gasteiger charge is -2.29. The second-order valence-electron chi connectivity index (χ2n) is 10.8. The molecule has 3 amide bonds. The molecule has 1 fully saturated rings. The minimum absolute atomic E-state index is 0.144. The number of benzene rings is 3. The molecule has 11 nitrogen and oxygen atoms in total. The molecular formula is C34H32FN7O4. The third kappa shape index (κ3) is 6.57. The minimum atomic E-state index is -0.591. The predicted octanol–water partition coefficient (Wildman–Crippen LogP) is 5.69. The van der Waals surface area contributed by atoms with Crippen molar-refractivity contribution in [2.45, 2.75) is 0 Å². The standard InChI is InChI=1S/C34H32FN7O4/c1-41(2)33(43)21-4-8-24(9-5-21)37-34(44)38-25-10-12-26(28(35)19-25)31-39-29-18-22(23-7-13-30(45-3)36-20-23)6-11-27(29)32(40-31)42-14-16-46-17-15-42/h4-13,18-20H,14-17H2,1-3H3,(H2,37,38,44). The van der Waals surface area contributed by atoms with Crippen LogP contribution in [-0.2, 0) is 4.74 Å². The van der Waals surface area contributed by atoms with Crippen molar-refractivity contribution < 1.29 is 23.5 Å². The van der Waals surface area contributed by atoms with Crippen LogP contribution in [0.4, 0.5) is 26.4 Å². The zero-order valence-electron chi connectivity index (χ0n) is 25.6. The number of aromatic nitrogens is 3. The van der Waals surface area contributed by atoms with Gasteiger partial charge in [-0.15, -0.1) is 0 Å². The number of hydrogen-bond donors (Lipinski definition) is 2. The van der Waals surface area contributed by atoms with E-state index in [9.17, 15) is 9.59 Å². The molecule has 12 heteroatoms. The van der Waals surface area contributed by atoms with Crippen LogP contribution in [0.1, 0.15) is 10.4 Å². The zero-order chi connectivity index (χ0) is 32.2. The summed E-state index contributed by atoms with van der Waals surface area (Å²) in [5, 5.41) is 6.18. The molecule has 0 aliphatic carbocycles. The second kappa shape index (κ2) is 13.2. The van der Waals surface area contributed by atoms with Crippen LogP contribution in [0.25, 0.3) is 33.4 Å². The van der Waals surface area contributed by atoms with Crippen molar-refractivity contribution in [2.24, 2.45) is 0 Å². The lowest BCUT2D eigenvalue weighted by molar-refractivity contribution is 0.0827. The van der Waals surface area contributed by atoms with Gasteiger partial charge in [-0.25, -0.2) is 24.1 Å². The van der Waals surface area contributed by atoms with Crippen molar-refractivity contribution in [3.05, 3.63) is 90.4 Å². The number of nitrogens with zero attached hydrogens (tertiary/aromatic N) is 5. The number of carbonyl (C=O) groups excluding carboxylic acids is 2. The van der Waals surface area contributed by atoms with Crippen LogP contribution in [0.15, 0.2) is 79.0 Å². The number of fused-ring (bicyclic) bond motifs is 1. The summed E-state index contributed by atoms with van der Waals surface area (Å²) in [4.78, 5) is 42.3. The quantitative estimate of drug-likeness (QED) is 0.238. The minimum Gasteiger partial charge on any atom is -0.481 e. The first-order chi connectivity index (χ1) is 22.3. The van der Waals surface area contributed by atoms with Crippen LogP contribution in [0, 0.1) is 5.82 Å². The van der Waals surface area contributed by atoms with E-state index >= 15 is 4.39 Å². The molecule has 2 N–H and O–H groups in total. The van der Waals surface area contributed by atoms with E-state index in [1.165, 1.54) is 11.0 Å². The number of morpholine rings is 1. The van der Waals surface area contributed by atoms with E-state index in [2.05, 4.69) is 20.5 Å². The summed E-state index contributed by atoms with van der Waals surface area (Å²) in [6.45, 7) is 2.41. The van der Waals surface area contributed by atoms with Gasteiger partial charge in [0.2, 0.25) is 5.88 Å². The highest BCUT2D eigenvalue weighted by Gasteiger charge is 2.20. The van der Waals surface area contributed by atoms with E-state index in [4.69, 9.17) is 19.4 Å². The Morgan fingerprint density at radius 1 is 0.891 bits per heavy atom. The summed E-state index contributed by atoms with van der Waals surface area (Å²) in [5.74, 6) is 0.699. The highest BCUT2D eigenvalue weighted by atomic mass is 19.1. The van der Waals surface area contributed by atoms with Crippen LogP contribution in [-0.4, -0.2) is 79.3 Å². The first-order valence-corrected chi connectivity index (χ1v) is 14.6. The molecular weight excluding hydrogens is 589 g/mol. The van der Waals surface area contributed by atoms with Gasteiger partial charge in [0.15, 0.2) is 5.82 Å². The summed E-state index contributed by atoms with van der Waals surface area (Å²) < 4.78 is 26.4. The van der Waals surface area contributed by atoms with Crippen LogP contribution in [0.3, 0.4) is 0 Å². The van der Waals surface area contributed by atoms with Gasteiger partial charge < -0.3 is 29.9 Å². The van der Waals surface area contributed by atoms with Gasteiger partial charge in [-0.1, -0.05) is 6.07 Å². The van der Waals surface area contributed by atoms with E-state index in [0.29, 0.717) is 54.8 Å². The molecule has 0 bridgehead atoms. The smallest absolute Gasteiger partial charge is 0.323 e. The Bertz CT molecular complexity index is 1890. The molecule has 234 valence electrons. The number of amides is 3. The third-order valence-electron chi connectivity index (χ3n) is 7.53. The number of nitrogens with one attached hydrogen (secondary N) is 2. The van der Waals surface area contributed by atoms with Gasteiger partial charge >= 0.3 is 6.03 Å². The van der Waals surface area contributed by atoms with Gasteiger partial charge in [-0.2, -0.15) is 0 Å². The Labute approximate surface area is 265 Å². The lowest BCUT2D eigenvalue weighted by Crippen LogP contribution is -2.37. The maximum Gasteiger partial charge on any atom is 0.323 e. The first kappa shape index (κ1) is 30.4. The largest absolute Gasteiger partial charge is 0.481 e. The Kier molecular flexibility index (Phi) is 8.70. The molecule has 0 saturated carbocycles. The van der Waals surface area contributed by atoms with Gasteiger partial charge in [0.25, 0.3) is 5.91 Å². The average Bonchev–Trinajstić information content (AvgIpc) is 3.08. The van der Waals surface area contributed by atoms with E-state index in [1.807, 2.05) is 24.3 Å². The molecule has 46 heavy (non-hydrogen) atoms. The molecule has 0 spiro atoms. The van der Waals surface area contributed by atoms with Crippen LogP contribution in [0.5, 0.6) is 5.88 Å². The maximum atomic E-state index is 15.6. The van der Waals surface area contributed by atoms with Crippen molar-refractivity contribution in [1.29, 1.82) is 0 Å². The van der Waals surface area contributed by atoms with Gasteiger partial charge in [-0.3, -0.25) is 4.79 Å². The SMILES string of the molecule is COc1ccc(-c2ccc3c(N4CCOCC4)nc(-c4ccc(NC(=O)Nc5ccc(C(=O)N(C)C)cc5)cc4F)nc3c2)cn1. The Hall–Kier alpha value is -5.62. The number of anilines is 3. The highest BCUT2D eigenvalue weighted by molar-refractivity contribution is 6.01. The number of urea groups is 1. The number of methoxy groups -OCH3 is 1. The van der Waals surface area contributed by atoms with E-state index < -0.39 is 11.8 Å². The van der Waals surface area contributed by atoms with Crippen molar-refractivity contribution in [3.63, 3.8) is 0 Å². The monoisotopic (exact) mass is 621 g/mol. The molecule has 3 aromatic carbocycles. The molecule has 1 aliphatic heterocycles. The molecule has 1 saturated heterocycles. The van der Waals surface area contributed by atoms with Crippen LogP contribution >= 0.6 is 0 Å². The van der Waals surface area contributed by atoms with Gasteiger partial charge in [0.1, 0.15) is 11.6 Å². The topological polar surface area (TPSA) is 122 Å². The summed E-state index contributed by atoms with van der Waals surface area (Å²) in [6.07, 6.45) is 1.73. The molecule has 3 heterocycles. The Morgan fingerprint density at radius 3 is 2.28 bits per heavy atom. The second-order valence-corrected chi connectivity index (χ2v) is 10.8. The normalized spacial score (nSPS) is 12.9. The fourth-order valence-corrected chi connectivity index (χ4v) is 5.12. The molecule has 5 aromatic rings. The third-order valence-corrected chi connectivity index (χ3v) is 7.53. The number of carbonyl (C=O) groups is 2. The van der Waals surface area contributed by atoms with Crippen LogP contribution < -0.4 is 20.3 Å². The molecule has 6 rings (SSSR count). The summed E-state index contributed by atoms with van der Waals surface area (Å²) in [7, 11) is 4.90. The Morgan fingerprint density at radius 2 is 1.61 bits per heavy atom. The number of pyridine rings is 1. The lowest BCUT2D eigenvalue weighted by atomic mass is 10.0. The van der Waals surface area contributed by atoms with Crippen molar-refractivity contribution >= 4 is 40.0 Å². The molecule has 0 atom stereocenters. The highest BCUT2D eigenvalue weighted by Crippen LogP contribution is 2.33. The van der Waals surface area contributed by atoms with Crippen molar-refractivity contribution in [2.75, 3.05) is 63.0 Å². The van der Waals surface area contributed by atoms with Crippen molar-refractivity contribution in [1.82, 2.24) is 19.9 Å². The van der Waals surface area contributed by atoms with E-state index in [0.717, 1.165) is 16.5 Å². The number of ether oxygens (including phenoxy) is 2. The number of hydrogen-bond acceptors (Lipinski definition) is 8. The number of rotatable bonds is 7.